The lowest BCUT2D eigenvalue weighted by Gasteiger charge is -2.02. The monoisotopic (exact) mass is 217 g/mol. The Morgan fingerprint density at radius 1 is 1.38 bits per heavy atom. The number of nitrogens with two attached hydrogens (primary N) is 1. The highest BCUT2D eigenvalue weighted by molar-refractivity contribution is 5.82. The van der Waals surface area contributed by atoms with Gasteiger partial charge in [0.25, 0.3) is 5.56 Å². The number of amides is 1. The van der Waals surface area contributed by atoms with Gasteiger partial charge in [0, 0.05) is 11.1 Å². The second kappa shape index (κ2) is 4.16. The fourth-order valence-corrected chi connectivity index (χ4v) is 1.55. The van der Waals surface area contributed by atoms with Crippen molar-refractivity contribution in [3.8, 4) is 0 Å². The molecule has 0 unspecified atom stereocenters. The second-order valence-corrected chi connectivity index (χ2v) is 3.46. The predicted octanol–water partition coefficient (Wildman–Crippen LogP) is 0.0605. The normalized spacial score (nSPS) is 10.3. The van der Waals surface area contributed by atoms with Crippen LogP contribution < -0.4 is 16.8 Å². The molecule has 5 heteroatoms. The largest absolute Gasteiger partial charge is 0.322 e. The van der Waals surface area contributed by atoms with Crippen LogP contribution in [0.25, 0.3) is 10.9 Å². The fourth-order valence-electron chi connectivity index (χ4n) is 1.55. The van der Waals surface area contributed by atoms with E-state index < -0.39 is 0 Å². The lowest BCUT2D eigenvalue weighted by Crippen LogP contribution is -2.33. The highest BCUT2D eigenvalue weighted by Gasteiger charge is 2.06. The molecule has 2 aromatic rings. The van der Waals surface area contributed by atoms with Crippen molar-refractivity contribution < 1.29 is 4.79 Å². The third kappa shape index (κ3) is 1.94. The minimum absolute atomic E-state index is 0.0172. The van der Waals surface area contributed by atoms with Gasteiger partial charge in [-0.3, -0.25) is 15.0 Å². The van der Waals surface area contributed by atoms with Crippen LogP contribution in [0.1, 0.15) is 5.56 Å². The van der Waals surface area contributed by atoms with Gasteiger partial charge in [0.1, 0.15) is 0 Å². The van der Waals surface area contributed by atoms with Crippen LogP contribution in [0.4, 0.5) is 0 Å². The van der Waals surface area contributed by atoms with Crippen molar-refractivity contribution in [3.05, 3.63) is 46.2 Å². The molecule has 1 aromatic carbocycles. The summed E-state index contributed by atoms with van der Waals surface area (Å²) in [7, 11) is 0. The Morgan fingerprint density at radius 2 is 2.12 bits per heavy atom. The number of para-hydroxylation sites is 1. The van der Waals surface area contributed by atoms with Crippen LogP contribution in [-0.4, -0.2) is 10.9 Å². The quantitative estimate of drug-likeness (QED) is 0.377. The van der Waals surface area contributed by atoms with Crippen LogP contribution in [0.5, 0.6) is 0 Å². The Balaban J connectivity index is 2.50. The summed E-state index contributed by atoms with van der Waals surface area (Å²) in [6.45, 7) is 0. The maximum absolute atomic E-state index is 11.6. The molecule has 5 nitrogen and oxygen atoms in total. The van der Waals surface area contributed by atoms with Gasteiger partial charge in [-0.15, -0.1) is 0 Å². The van der Waals surface area contributed by atoms with Gasteiger partial charge < -0.3 is 4.98 Å². The van der Waals surface area contributed by atoms with E-state index >= 15 is 0 Å². The third-order valence-corrected chi connectivity index (χ3v) is 2.34. The van der Waals surface area contributed by atoms with Gasteiger partial charge >= 0.3 is 0 Å². The third-order valence-electron chi connectivity index (χ3n) is 2.34. The van der Waals surface area contributed by atoms with E-state index in [0.29, 0.717) is 5.56 Å². The number of hydrogen-bond donors (Lipinski definition) is 3. The topological polar surface area (TPSA) is 88.0 Å². The molecule has 0 saturated carbocycles. The summed E-state index contributed by atoms with van der Waals surface area (Å²) in [6, 6.07) is 9.08. The van der Waals surface area contributed by atoms with E-state index in [9.17, 15) is 9.59 Å². The Bertz CT molecular complexity index is 589. The number of H-pyrrole nitrogens is 1. The number of rotatable bonds is 2. The van der Waals surface area contributed by atoms with E-state index in [0.717, 1.165) is 10.9 Å². The van der Waals surface area contributed by atoms with E-state index in [1.165, 1.54) is 0 Å². The predicted molar refractivity (Wildman–Crippen MR) is 60.6 cm³/mol. The molecular formula is C11H11N3O2. The minimum Gasteiger partial charge on any atom is -0.322 e. The van der Waals surface area contributed by atoms with E-state index in [1.54, 1.807) is 6.07 Å². The number of hydrogen-bond acceptors (Lipinski definition) is 3. The van der Waals surface area contributed by atoms with Crippen molar-refractivity contribution in [2.75, 3.05) is 0 Å². The van der Waals surface area contributed by atoms with E-state index in [-0.39, 0.29) is 17.9 Å². The highest BCUT2D eigenvalue weighted by Crippen LogP contribution is 2.10. The van der Waals surface area contributed by atoms with Gasteiger partial charge in [0.05, 0.1) is 6.42 Å². The summed E-state index contributed by atoms with van der Waals surface area (Å²) in [6.07, 6.45) is -0.0172. The van der Waals surface area contributed by atoms with E-state index in [2.05, 4.69) is 4.98 Å². The van der Waals surface area contributed by atoms with Crippen molar-refractivity contribution in [2.24, 2.45) is 5.84 Å². The smallest absolute Gasteiger partial charge is 0.252 e. The standard InChI is InChI=1S/C11H11N3O2/c12-14-10(15)6-8-5-7-3-1-2-4-9(7)13-11(8)16/h1-5H,6,12H2,(H,13,16)(H,14,15). The highest BCUT2D eigenvalue weighted by atomic mass is 16.2. The first-order chi connectivity index (χ1) is 7.70. The van der Waals surface area contributed by atoms with Crippen LogP contribution >= 0.6 is 0 Å². The van der Waals surface area contributed by atoms with Crippen LogP contribution in [-0.2, 0) is 11.2 Å². The van der Waals surface area contributed by atoms with Gasteiger partial charge in [0.15, 0.2) is 0 Å². The molecule has 0 aliphatic heterocycles. The molecule has 0 saturated heterocycles. The first kappa shape index (κ1) is 10.4. The molecule has 0 atom stereocenters. The molecule has 4 N–H and O–H groups in total. The molecular weight excluding hydrogens is 206 g/mol. The lowest BCUT2D eigenvalue weighted by molar-refractivity contribution is -0.120. The van der Waals surface area contributed by atoms with E-state index in [4.69, 9.17) is 5.84 Å². The Morgan fingerprint density at radius 3 is 2.88 bits per heavy atom. The summed E-state index contributed by atoms with van der Waals surface area (Å²) in [4.78, 5) is 25.4. The lowest BCUT2D eigenvalue weighted by atomic mass is 10.1. The number of carbonyl (C=O) groups excluding carboxylic acids is 1. The maximum Gasteiger partial charge on any atom is 0.252 e. The van der Waals surface area contributed by atoms with Crippen molar-refractivity contribution in [1.29, 1.82) is 0 Å². The molecule has 1 heterocycles. The van der Waals surface area contributed by atoms with Crippen molar-refractivity contribution >= 4 is 16.8 Å². The van der Waals surface area contributed by atoms with Gasteiger partial charge in [0.2, 0.25) is 5.91 Å². The summed E-state index contributed by atoms with van der Waals surface area (Å²) in [5.74, 6) is 4.58. The van der Waals surface area contributed by atoms with Crippen molar-refractivity contribution in [2.45, 2.75) is 6.42 Å². The average Bonchev–Trinajstić information content (AvgIpc) is 2.30. The molecule has 0 aliphatic carbocycles. The van der Waals surface area contributed by atoms with Crippen LogP contribution in [0.2, 0.25) is 0 Å². The molecule has 0 fully saturated rings. The Kier molecular flexibility index (Phi) is 2.70. The number of benzene rings is 1. The van der Waals surface area contributed by atoms with Crippen LogP contribution in [0.15, 0.2) is 35.1 Å². The average molecular weight is 217 g/mol. The van der Waals surface area contributed by atoms with Crippen molar-refractivity contribution in [1.82, 2.24) is 10.4 Å². The fraction of sp³-hybridized carbons (Fsp3) is 0.0909. The maximum atomic E-state index is 11.6. The van der Waals surface area contributed by atoms with Gasteiger partial charge in [-0.05, 0) is 17.5 Å². The molecule has 1 aromatic heterocycles. The number of aromatic nitrogens is 1. The zero-order valence-electron chi connectivity index (χ0n) is 8.49. The number of hydrazine groups is 1. The number of nitrogens with one attached hydrogen (secondary N) is 2. The zero-order chi connectivity index (χ0) is 11.5. The number of fused-ring (bicyclic) bond motifs is 1. The summed E-state index contributed by atoms with van der Waals surface area (Å²) >= 11 is 0. The van der Waals surface area contributed by atoms with Gasteiger partial charge in [-0.25, -0.2) is 5.84 Å². The first-order valence-corrected chi connectivity index (χ1v) is 4.81. The molecule has 0 radical (unpaired) electrons. The number of aromatic amines is 1. The molecule has 0 aliphatic rings. The summed E-state index contributed by atoms with van der Waals surface area (Å²) < 4.78 is 0. The number of carbonyl (C=O) groups is 1. The summed E-state index contributed by atoms with van der Waals surface area (Å²) in [5, 5.41) is 0.891. The Hall–Kier alpha value is -2.14. The first-order valence-electron chi connectivity index (χ1n) is 4.81. The molecule has 0 bridgehead atoms. The molecule has 16 heavy (non-hydrogen) atoms. The van der Waals surface area contributed by atoms with Crippen molar-refractivity contribution in [3.63, 3.8) is 0 Å². The Labute approximate surface area is 91.2 Å². The number of pyridine rings is 1. The molecule has 1 amide bonds. The van der Waals surface area contributed by atoms with Crippen LogP contribution in [0, 0.1) is 0 Å². The second-order valence-electron chi connectivity index (χ2n) is 3.46. The molecule has 2 rings (SSSR count). The SMILES string of the molecule is NNC(=O)Cc1cc2ccccc2[nH]c1=O. The van der Waals surface area contributed by atoms with E-state index in [1.807, 2.05) is 29.7 Å². The summed E-state index contributed by atoms with van der Waals surface area (Å²) in [5.41, 5.74) is 2.89. The van der Waals surface area contributed by atoms with Crippen LogP contribution in [0.3, 0.4) is 0 Å². The molecule has 0 spiro atoms. The minimum atomic E-state index is -0.388. The molecule has 82 valence electrons. The van der Waals surface area contributed by atoms with Gasteiger partial charge in [-0.2, -0.15) is 0 Å². The zero-order valence-corrected chi connectivity index (χ0v) is 8.49. The van der Waals surface area contributed by atoms with Gasteiger partial charge in [-0.1, -0.05) is 18.2 Å².